The molecular formula is C12H15BrN2O3. The van der Waals surface area contributed by atoms with Crippen molar-refractivity contribution in [2.75, 3.05) is 32.2 Å². The quantitative estimate of drug-likeness (QED) is 0.790. The number of ether oxygens (including phenoxy) is 2. The van der Waals surface area contributed by atoms with Gasteiger partial charge >= 0.3 is 0 Å². The number of methoxy groups -OCH3 is 1. The number of morpholine rings is 1. The van der Waals surface area contributed by atoms with Crippen LogP contribution in [0.2, 0.25) is 0 Å². The van der Waals surface area contributed by atoms with Crippen LogP contribution in [0.15, 0.2) is 18.5 Å². The molecular weight excluding hydrogens is 300 g/mol. The molecule has 6 heteroatoms. The summed E-state index contributed by atoms with van der Waals surface area (Å²) in [4.78, 5) is 18.3. The standard InChI is InChI=1S/C12H15BrN2O3/c1-17-11-7-14-3-2-10(11)12(16)15-4-5-18-8-9(15)6-13/h2-3,7,9H,4-6,8H2,1H3. The van der Waals surface area contributed by atoms with Crippen molar-refractivity contribution in [1.82, 2.24) is 9.88 Å². The summed E-state index contributed by atoms with van der Waals surface area (Å²) in [5, 5.41) is 0.701. The molecule has 1 aliphatic rings. The van der Waals surface area contributed by atoms with Gasteiger partial charge in [0, 0.05) is 18.1 Å². The minimum Gasteiger partial charge on any atom is -0.494 e. The minimum atomic E-state index is -0.0398. The molecule has 5 nitrogen and oxygen atoms in total. The van der Waals surface area contributed by atoms with Crippen LogP contribution in [0.3, 0.4) is 0 Å². The summed E-state index contributed by atoms with van der Waals surface area (Å²) in [6.45, 7) is 1.73. The first-order valence-electron chi connectivity index (χ1n) is 5.70. The second kappa shape index (κ2) is 6.15. The number of alkyl halides is 1. The summed E-state index contributed by atoms with van der Waals surface area (Å²) in [5.74, 6) is 0.462. The monoisotopic (exact) mass is 314 g/mol. The Labute approximate surface area is 114 Å². The van der Waals surface area contributed by atoms with Gasteiger partial charge in [0.25, 0.3) is 5.91 Å². The van der Waals surface area contributed by atoms with Crippen LogP contribution in [0.1, 0.15) is 10.4 Å². The molecule has 0 spiro atoms. The molecule has 98 valence electrons. The van der Waals surface area contributed by atoms with E-state index in [1.165, 1.54) is 7.11 Å². The van der Waals surface area contributed by atoms with Crippen LogP contribution < -0.4 is 4.74 Å². The zero-order valence-electron chi connectivity index (χ0n) is 10.1. The number of pyridine rings is 1. The van der Waals surface area contributed by atoms with E-state index in [2.05, 4.69) is 20.9 Å². The van der Waals surface area contributed by atoms with E-state index in [-0.39, 0.29) is 11.9 Å². The van der Waals surface area contributed by atoms with Crippen molar-refractivity contribution in [1.29, 1.82) is 0 Å². The smallest absolute Gasteiger partial charge is 0.258 e. The number of rotatable bonds is 3. The number of halogens is 1. The summed E-state index contributed by atoms with van der Waals surface area (Å²) >= 11 is 3.41. The van der Waals surface area contributed by atoms with Gasteiger partial charge in [-0.1, -0.05) is 15.9 Å². The van der Waals surface area contributed by atoms with Gasteiger partial charge in [-0.25, -0.2) is 0 Å². The highest BCUT2D eigenvalue weighted by atomic mass is 79.9. The normalized spacial score (nSPS) is 19.7. The molecule has 0 bridgehead atoms. The Hall–Kier alpha value is -1.14. The molecule has 1 aliphatic heterocycles. The fourth-order valence-corrected chi connectivity index (χ4v) is 2.46. The van der Waals surface area contributed by atoms with E-state index in [0.717, 1.165) is 0 Å². The van der Waals surface area contributed by atoms with Crippen LogP contribution in [-0.4, -0.2) is 54.0 Å². The van der Waals surface area contributed by atoms with E-state index in [1.54, 1.807) is 18.5 Å². The number of carbonyl (C=O) groups excluding carboxylic acids is 1. The van der Waals surface area contributed by atoms with Crippen LogP contribution in [0.25, 0.3) is 0 Å². The largest absolute Gasteiger partial charge is 0.494 e. The molecule has 0 aliphatic carbocycles. The fraction of sp³-hybridized carbons (Fsp3) is 0.500. The number of hydrogen-bond acceptors (Lipinski definition) is 4. The molecule has 1 saturated heterocycles. The van der Waals surface area contributed by atoms with E-state index >= 15 is 0 Å². The van der Waals surface area contributed by atoms with Crippen LogP contribution in [0, 0.1) is 0 Å². The summed E-state index contributed by atoms with van der Waals surface area (Å²) in [5.41, 5.74) is 0.542. The van der Waals surface area contributed by atoms with Gasteiger partial charge in [-0.3, -0.25) is 9.78 Å². The lowest BCUT2D eigenvalue weighted by Gasteiger charge is -2.34. The van der Waals surface area contributed by atoms with E-state index in [9.17, 15) is 4.79 Å². The van der Waals surface area contributed by atoms with Crippen molar-refractivity contribution < 1.29 is 14.3 Å². The van der Waals surface area contributed by atoms with Gasteiger partial charge in [0.15, 0.2) is 0 Å². The van der Waals surface area contributed by atoms with E-state index in [0.29, 0.717) is 36.4 Å². The number of carbonyl (C=O) groups is 1. The summed E-state index contributed by atoms with van der Waals surface area (Å²) in [7, 11) is 1.54. The van der Waals surface area contributed by atoms with Crippen LogP contribution >= 0.6 is 15.9 Å². The van der Waals surface area contributed by atoms with Gasteiger partial charge in [0.1, 0.15) is 5.75 Å². The molecule has 2 heterocycles. The van der Waals surface area contributed by atoms with Crippen molar-refractivity contribution in [2.45, 2.75) is 6.04 Å². The first-order chi connectivity index (χ1) is 8.77. The molecule has 2 rings (SSSR count). The lowest BCUT2D eigenvalue weighted by molar-refractivity contribution is 0.00508. The zero-order chi connectivity index (χ0) is 13.0. The molecule has 0 N–H and O–H groups in total. The second-order valence-electron chi connectivity index (χ2n) is 3.96. The summed E-state index contributed by atoms with van der Waals surface area (Å²) in [6.07, 6.45) is 3.15. The number of amides is 1. The molecule has 0 radical (unpaired) electrons. The van der Waals surface area contributed by atoms with E-state index < -0.39 is 0 Å². The van der Waals surface area contributed by atoms with Crippen molar-refractivity contribution in [2.24, 2.45) is 0 Å². The number of hydrogen-bond donors (Lipinski definition) is 0. The van der Waals surface area contributed by atoms with Crippen LogP contribution in [-0.2, 0) is 4.74 Å². The highest BCUT2D eigenvalue weighted by Gasteiger charge is 2.28. The highest BCUT2D eigenvalue weighted by Crippen LogP contribution is 2.21. The molecule has 1 aromatic rings. The van der Waals surface area contributed by atoms with Crippen molar-refractivity contribution in [3.8, 4) is 5.75 Å². The fourth-order valence-electron chi connectivity index (χ4n) is 1.92. The first kappa shape index (κ1) is 13.3. The van der Waals surface area contributed by atoms with Gasteiger partial charge in [0.05, 0.1) is 38.1 Å². The average Bonchev–Trinajstić information content (AvgIpc) is 2.46. The highest BCUT2D eigenvalue weighted by molar-refractivity contribution is 9.09. The molecule has 1 atom stereocenters. The molecule has 0 aromatic carbocycles. The molecule has 0 saturated carbocycles. The lowest BCUT2D eigenvalue weighted by atomic mass is 10.1. The average molecular weight is 315 g/mol. The maximum absolute atomic E-state index is 12.5. The molecule has 1 fully saturated rings. The predicted octanol–water partition coefficient (Wildman–Crippen LogP) is 1.33. The van der Waals surface area contributed by atoms with Gasteiger partial charge in [0.2, 0.25) is 0 Å². The Bertz CT molecular complexity index is 428. The van der Waals surface area contributed by atoms with Crippen molar-refractivity contribution in [3.63, 3.8) is 0 Å². The minimum absolute atomic E-state index is 0.0398. The van der Waals surface area contributed by atoms with Gasteiger partial charge in [-0.05, 0) is 6.07 Å². The topological polar surface area (TPSA) is 51.7 Å². The Morgan fingerprint density at radius 2 is 2.56 bits per heavy atom. The number of aromatic nitrogens is 1. The van der Waals surface area contributed by atoms with Crippen molar-refractivity contribution >= 4 is 21.8 Å². The second-order valence-corrected chi connectivity index (χ2v) is 4.61. The van der Waals surface area contributed by atoms with Gasteiger partial charge in [-0.15, -0.1) is 0 Å². The third-order valence-electron chi connectivity index (χ3n) is 2.90. The van der Waals surface area contributed by atoms with Crippen LogP contribution in [0.4, 0.5) is 0 Å². The summed E-state index contributed by atoms with van der Waals surface area (Å²) < 4.78 is 10.6. The Kier molecular flexibility index (Phi) is 4.54. The zero-order valence-corrected chi connectivity index (χ0v) is 11.7. The van der Waals surface area contributed by atoms with Crippen LogP contribution in [0.5, 0.6) is 5.75 Å². The van der Waals surface area contributed by atoms with Crippen molar-refractivity contribution in [3.05, 3.63) is 24.0 Å². The Morgan fingerprint density at radius 3 is 3.28 bits per heavy atom. The maximum atomic E-state index is 12.5. The molecule has 1 amide bonds. The van der Waals surface area contributed by atoms with E-state index in [4.69, 9.17) is 9.47 Å². The first-order valence-corrected chi connectivity index (χ1v) is 6.82. The summed E-state index contributed by atoms with van der Waals surface area (Å²) in [6, 6.07) is 1.74. The van der Waals surface area contributed by atoms with Gasteiger partial charge in [-0.2, -0.15) is 0 Å². The molecule has 18 heavy (non-hydrogen) atoms. The van der Waals surface area contributed by atoms with E-state index in [1.807, 2.05) is 4.90 Å². The Balaban J connectivity index is 2.24. The Morgan fingerprint density at radius 1 is 1.72 bits per heavy atom. The molecule has 1 unspecified atom stereocenters. The molecule has 1 aromatic heterocycles. The SMILES string of the molecule is COc1cnccc1C(=O)N1CCOCC1CBr. The third-order valence-corrected chi connectivity index (χ3v) is 3.65. The predicted molar refractivity (Wildman–Crippen MR) is 70.2 cm³/mol. The van der Waals surface area contributed by atoms with Gasteiger partial charge < -0.3 is 14.4 Å². The lowest BCUT2D eigenvalue weighted by Crippen LogP contribution is -2.49. The maximum Gasteiger partial charge on any atom is 0.258 e. The number of nitrogens with zero attached hydrogens (tertiary/aromatic N) is 2. The third kappa shape index (κ3) is 2.64.